The van der Waals surface area contributed by atoms with Gasteiger partial charge in [0.2, 0.25) is 0 Å². The van der Waals surface area contributed by atoms with Gasteiger partial charge in [-0.1, -0.05) is 0 Å². The van der Waals surface area contributed by atoms with Crippen LogP contribution >= 0.6 is 11.3 Å². The molecule has 74 valence electrons. The van der Waals surface area contributed by atoms with E-state index in [0.717, 1.165) is 10.4 Å². The molecule has 2 aromatic heterocycles. The van der Waals surface area contributed by atoms with Crippen LogP contribution in [0.5, 0.6) is 0 Å². The standard InChI is InChI=1S/C10H12N2OS/c1-7-8(4-6-14-7)10(13)9-3-5-12(2)11-9/h3-6,10,13H,1-2H3. The van der Waals surface area contributed by atoms with Crippen LogP contribution in [-0.4, -0.2) is 14.9 Å². The van der Waals surface area contributed by atoms with E-state index in [1.165, 1.54) is 0 Å². The molecule has 0 aliphatic heterocycles. The summed E-state index contributed by atoms with van der Waals surface area (Å²) in [5, 5.41) is 16.2. The van der Waals surface area contributed by atoms with Crippen molar-refractivity contribution < 1.29 is 5.11 Å². The van der Waals surface area contributed by atoms with E-state index in [1.54, 1.807) is 16.0 Å². The van der Waals surface area contributed by atoms with Gasteiger partial charge >= 0.3 is 0 Å². The minimum absolute atomic E-state index is 0.595. The second-order valence-corrected chi connectivity index (χ2v) is 4.37. The molecule has 0 bridgehead atoms. The fraction of sp³-hybridized carbons (Fsp3) is 0.300. The van der Waals surface area contributed by atoms with Crippen molar-refractivity contribution in [3.63, 3.8) is 0 Å². The lowest BCUT2D eigenvalue weighted by Crippen LogP contribution is -2.01. The SMILES string of the molecule is Cc1sccc1C(O)c1ccn(C)n1. The van der Waals surface area contributed by atoms with Crippen molar-refractivity contribution in [2.45, 2.75) is 13.0 Å². The first-order valence-electron chi connectivity index (χ1n) is 4.40. The Kier molecular flexibility index (Phi) is 2.39. The number of hydrogen-bond acceptors (Lipinski definition) is 3. The molecule has 0 aromatic carbocycles. The van der Waals surface area contributed by atoms with E-state index in [9.17, 15) is 5.11 Å². The van der Waals surface area contributed by atoms with E-state index in [1.807, 2.05) is 37.7 Å². The highest BCUT2D eigenvalue weighted by Crippen LogP contribution is 2.26. The van der Waals surface area contributed by atoms with E-state index >= 15 is 0 Å². The van der Waals surface area contributed by atoms with Crippen molar-refractivity contribution in [3.8, 4) is 0 Å². The fourth-order valence-electron chi connectivity index (χ4n) is 1.42. The van der Waals surface area contributed by atoms with Crippen molar-refractivity contribution >= 4 is 11.3 Å². The maximum absolute atomic E-state index is 10.0. The molecule has 0 spiro atoms. The van der Waals surface area contributed by atoms with Gasteiger partial charge in [-0.3, -0.25) is 4.68 Å². The zero-order valence-electron chi connectivity index (χ0n) is 8.14. The first-order valence-corrected chi connectivity index (χ1v) is 5.28. The lowest BCUT2D eigenvalue weighted by Gasteiger charge is -2.06. The van der Waals surface area contributed by atoms with Crippen LogP contribution in [0.25, 0.3) is 0 Å². The first kappa shape index (κ1) is 9.43. The first-order chi connectivity index (χ1) is 6.68. The molecule has 1 unspecified atom stereocenters. The van der Waals surface area contributed by atoms with Crippen LogP contribution in [-0.2, 0) is 7.05 Å². The van der Waals surface area contributed by atoms with Gasteiger partial charge < -0.3 is 5.11 Å². The zero-order valence-corrected chi connectivity index (χ0v) is 8.95. The maximum Gasteiger partial charge on any atom is 0.124 e. The third kappa shape index (κ3) is 1.58. The zero-order chi connectivity index (χ0) is 10.1. The van der Waals surface area contributed by atoms with E-state index < -0.39 is 6.10 Å². The van der Waals surface area contributed by atoms with Gasteiger partial charge in [0, 0.05) is 23.7 Å². The topological polar surface area (TPSA) is 38.0 Å². The lowest BCUT2D eigenvalue weighted by molar-refractivity contribution is 0.214. The Labute approximate surface area is 86.6 Å². The van der Waals surface area contributed by atoms with Crippen molar-refractivity contribution in [1.82, 2.24) is 9.78 Å². The molecule has 1 atom stereocenters. The summed E-state index contributed by atoms with van der Waals surface area (Å²) in [6, 6.07) is 3.78. The molecule has 0 radical (unpaired) electrons. The third-order valence-corrected chi connectivity index (χ3v) is 3.07. The van der Waals surface area contributed by atoms with Crippen molar-refractivity contribution in [2.75, 3.05) is 0 Å². The highest BCUT2D eigenvalue weighted by molar-refractivity contribution is 7.10. The molecule has 0 amide bonds. The molecule has 0 aliphatic rings. The minimum atomic E-state index is -0.595. The summed E-state index contributed by atoms with van der Waals surface area (Å²) < 4.78 is 1.69. The number of aliphatic hydroxyl groups excluding tert-OH is 1. The number of rotatable bonds is 2. The van der Waals surface area contributed by atoms with Gasteiger partial charge in [-0.2, -0.15) is 5.10 Å². The Morgan fingerprint density at radius 1 is 1.50 bits per heavy atom. The van der Waals surface area contributed by atoms with Gasteiger partial charge in [0.15, 0.2) is 0 Å². The molecule has 3 nitrogen and oxygen atoms in total. The van der Waals surface area contributed by atoms with E-state index in [4.69, 9.17) is 0 Å². The summed E-state index contributed by atoms with van der Waals surface area (Å²) >= 11 is 1.64. The van der Waals surface area contributed by atoms with Crippen LogP contribution < -0.4 is 0 Å². The number of aliphatic hydroxyl groups is 1. The molecule has 2 aromatic rings. The Hall–Kier alpha value is -1.13. The molecule has 2 heterocycles. The van der Waals surface area contributed by atoms with Crippen molar-refractivity contribution in [1.29, 1.82) is 0 Å². The van der Waals surface area contributed by atoms with E-state index in [-0.39, 0.29) is 0 Å². The largest absolute Gasteiger partial charge is 0.382 e. The van der Waals surface area contributed by atoms with Crippen LogP contribution in [0.1, 0.15) is 22.2 Å². The minimum Gasteiger partial charge on any atom is -0.382 e. The van der Waals surface area contributed by atoms with Crippen LogP contribution in [0.3, 0.4) is 0 Å². The molecule has 1 N–H and O–H groups in total. The van der Waals surface area contributed by atoms with E-state index in [2.05, 4.69) is 5.10 Å². The quantitative estimate of drug-likeness (QED) is 0.818. The Morgan fingerprint density at radius 2 is 2.29 bits per heavy atom. The van der Waals surface area contributed by atoms with Gasteiger partial charge in [-0.25, -0.2) is 0 Å². The van der Waals surface area contributed by atoms with Crippen LogP contribution in [0, 0.1) is 6.92 Å². The Bertz CT molecular complexity index is 433. The third-order valence-electron chi connectivity index (χ3n) is 2.21. The summed E-state index contributed by atoms with van der Waals surface area (Å²) in [7, 11) is 1.84. The molecule has 2 rings (SSSR count). The van der Waals surface area contributed by atoms with Gasteiger partial charge in [-0.15, -0.1) is 11.3 Å². The van der Waals surface area contributed by atoms with Crippen molar-refractivity contribution in [2.24, 2.45) is 7.05 Å². The average Bonchev–Trinajstić information content (AvgIpc) is 2.73. The van der Waals surface area contributed by atoms with Gasteiger partial charge in [-0.05, 0) is 24.4 Å². The molecular formula is C10H12N2OS. The second kappa shape index (κ2) is 3.55. The fourth-order valence-corrected chi connectivity index (χ4v) is 2.15. The Balaban J connectivity index is 2.33. The molecule has 0 saturated heterocycles. The summed E-state index contributed by atoms with van der Waals surface area (Å²) in [6.07, 6.45) is 1.24. The molecule has 14 heavy (non-hydrogen) atoms. The number of aromatic nitrogens is 2. The Morgan fingerprint density at radius 3 is 2.79 bits per heavy atom. The number of aryl methyl sites for hydroxylation is 2. The molecule has 0 saturated carbocycles. The van der Waals surface area contributed by atoms with Gasteiger partial charge in [0.1, 0.15) is 6.10 Å². The average molecular weight is 208 g/mol. The highest BCUT2D eigenvalue weighted by atomic mass is 32.1. The second-order valence-electron chi connectivity index (χ2n) is 3.25. The molecule has 0 fully saturated rings. The summed E-state index contributed by atoms with van der Waals surface area (Å²) in [6.45, 7) is 2.01. The number of thiophene rings is 1. The molecular weight excluding hydrogens is 196 g/mol. The smallest absolute Gasteiger partial charge is 0.124 e. The molecule has 4 heteroatoms. The summed E-state index contributed by atoms with van der Waals surface area (Å²) in [4.78, 5) is 1.14. The predicted molar refractivity (Wildman–Crippen MR) is 56.3 cm³/mol. The monoisotopic (exact) mass is 208 g/mol. The normalized spacial score (nSPS) is 13.1. The summed E-state index contributed by atoms with van der Waals surface area (Å²) in [5.74, 6) is 0. The lowest BCUT2D eigenvalue weighted by atomic mass is 10.1. The summed E-state index contributed by atoms with van der Waals surface area (Å²) in [5.41, 5.74) is 1.66. The van der Waals surface area contributed by atoms with Crippen LogP contribution in [0.15, 0.2) is 23.7 Å². The number of hydrogen-bond donors (Lipinski definition) is 1. The maximum atomic E-state index is 10.0. The highest BCUT2D eigenvalue weighted by Gasteiger charge is 2.15. The van der Waals surface area contributed by atoms with Gasteiger partial charge in [0.25, 0.3) is 0 Å². The number of nitrogens with zero attached hydrogens (tertiary/aromatic N) is 2. The predicted octanol–water partition coefficient (Wildman–Crippen LogP) is 1.87. The van der Waals surface area contributed by atoms with E-state index in [0.29, 0.717) is 5.69 Å². The molecule has 0 aliphatic carbocycles. The van der Waals surface area contributed by atoms with Crippen LogP contribution in [0.2, 0.25) is 0 Å². The van der Waals surface area contributed by atoms with Gasteiger partial charge in [0.05, 0.1) is 5.69 Å². The van der Waals surface area contributed by atoms with Crippen molar-refractivity contribution in [3.05, 3.63) is 39.8 Å². The van der Waals surface area contributed by atoms with Crippen LogP contribution in [0.4, 0.5) is 0 Å².